The summed E-state index contributed by atoms with van der Waals surface area (Å²) >= 11 is 0. The molecule has 0 radical (unpaired) electrons. The number of primary amides is 1. The summed E-state index contributed by atoms with van der Waals surface area (Å²) in [4.78, 5) is 16.3. The number of carbonyl (C=O) groups is 1. The molecule has 2 aromatic heterocycles. The maximum Gasteiger partial charge on any atom is 0.252 e. The molecule has 28 heavy (non-hydrogen) atoms. The number of nitrogens with two attached hydrogens (primary N) is 1. The second kappa shape index (κ2) is 7.08. The van der Waals surface area contributed by atoms with E-state index in [0.717, 1.165) is 6.26 Å². The van der Waals surface area contributed by atoms with Gasteiger partial charge in [-0.25, -0.2) is 12.8 Å². The standard InChI is InChI=1S/C19H18FN3O4S/c1-10(2)13-9-14-16(17(21)24)15(8-11-4-6-12(20)7-5-11)27-19(14)22-18(13)23-28(3,25)26/h4-7,9H,1,8H2,2-3H3,(H2,21,24)(H,22,23). The predicted octanol–water partition coefficient (Wildman–Crippen LogP) is 3.06. The number of pyridine rings is 1. The van der Waals surface area contributed by atoms with Crippen molar-refractivity contribution in [2.24, 2.45) is 5.73 Å². The Kier molecular flexibility index (Phi) is 4.95. The van der Waals surface area contributed by atoms with Gasteiger partial charge in [-0.3, -0.25) is 9.52 Å². The summed E-state index contributed by atoms with van der Waals surface area (Å²) in [5, 5.41) is 0.349. The van der Waals surface area contributed by atoms with Crippen molar-refractivity contribution in [3.63, 3.8) is 0 Å². The van der Waals surface area contributed by atoms with Gasteiger partial charge in [0.2, 0.25) is 15.7 Å². The zero-order valence-corrected chi connectivity index (χ0v) is 16.1. The fourth-order valence-electron chi connectivity index (χ4n) is 2.83. The van der Waals surface area contributed by atoms with Crippen LogP contribution in [0.5, 0.6) is 0 Å². The first-order valence-electron chi connectivity index (χ1n) is 8.19. The van der Waals surface area contributed by atoms with Crippen LogP contribution < -0.4 is 10.5 Å². The average molecular weight is 403 g/mol. The number of benzene rings is 1. The number of anilines is 1. The maximum absolute atomic E-state index is 13.1. The van der Waals surface area contributed by atoms with Gasteiger partial charge in [0.05, 0.1) is 17.2 Å². The fraction of sp³-hybridized carbons (Fsp3) is 0.158. The van der Waals surface area contributed by atoms with Crippen molar-refractivity contribution in [2.45, 2.75) is 13.3 Å². The molecule has 7 nitrogen and oxygen atoms in total. The van der Waals surface area contributed by atoms with Crippen molar-refractivity contribution < 1.29 is 22.0 Å². The van der Waals surface area contributed by atoms with E-state index in [1.165, 1.54) is 12.1 Å². The quantitative estimate of drug-likeness (QED) is 0.656. The summed E-state index contributed by atoms with van der Waals surface area (Å²) in [6.45, 7) is 5.50. The molecule has 9 heteroatoms. The lowest BCUT2D eigenvalue weighted by Gasteiger charge is -2.09. The number of amides is 1. The number of sulfonamides is 1. The molecule has 3 N–H and O–H groups in total. The van der Waals surface area contributed by atoms with E-state index in [-0.39, 0.29) is 35.1 Å². The van der Waals surface area contributed by atoms with Crippen LogP contribution in [0.15, 0.2) is 41.3 Å². The highest BCUT2D eigenvalue weighted by atomic mass is 32.2. The molecule has 0 aliphatic rings. The predicted molar refractivity (Wildman–Crippen MR) is 105 cm³/mol. The number of nitrogens with zero attached hydrogens (tertiary/aromatic N) is 1. The van der Waals surface area contributed by atoms with Crippen LogP contribution in [0.25, 0.3) is 16.7 Å². The van der Waals surface area contributed by atoms with Crippen LogP contribution >= 0.6 is 0 Å². The van der Waals surface area contributed by atoms with E-state index in [0.29, 0.717) is 22.1 Å². The minimum atomic E-state index is -3.60. The average Bonchev–Trinajstić information content (AvgIpc) is 2.91. The molecule has 1 amide bonds. The molecule has 0 saturated heterocycles. The van der Waals surface area contributed by atoms with Crippen LogP contribution in [0.2, 0.25) is 0 Å². The number of allylic oxidation sites excluding steroid dienone is 1. The molecule has 0 fully saturated rings. The largest absolute Gasteiger partial charge is 0.441 e. The number of fused-ring (bicyclic) bond motifs is 1. The van der Waals surface area contributed by atoms with E-state index in [1.54, 1.807) is 25.1 Å². The Labute approximate surface area is 161 Å². The Morgan fingerprint density at radius 2 is 1.96 bits per heavy atom. The molecule has 0 aliphatic heterocycles. The Balaban J connectivity index is 2.20. The highest BCUT2D eigenvalue weighted by molar-refractivity contribution is 7.92. The third-order valence-electron chi connectivity index (χ3n) is 4.02. The fourth-order valence-corrected chi connectivity index (χ4v) is 3.34. The number of carbonyl (C=O) groups excluding carboxylic acids is 1. The topological polar surface area (TPSA) is 115 Å². The van der Waals surface area contributed by atoms with Crippen molar-refractivity contribution in [3.8, 4) is 0 Å². The maximum atomic E-state index is 13.1. The van der Waals surface area contributed by atoms with Gasteiger partial charge in [-0.05, 0) is 36.3 Å². The Morgan fingerprint density at radius 1 is 1.32 bits per heavy atom. The smallest absolute Gasteiger partial charge is 0.252 e. The molecular formula is C19H18FN3O4S. The summed E-state index contributed by atoms with van der Waals surface area (Å²) in [5.41, 5.74) is 7.40. The molecular weight excluding hydrogens is 385 g/mol. The van der Waals surface area contributed by atoms with E-state index in [1.807, 2.05) is 0 Å². The second-order valence-corrected chi connectivity index (χ2v) is 8.21. The number of furan rings is 1. The van der Waals surface area contributed by atoms with Crippen LogP contribution in [0.3, 0.4) is 0 Å². The van der Waals surface area contributed by atoms with Crippen molar-refractivity contribution >= 4 is 38.4 Å². The summed E-state index contributed by atoms with van der Waals surface area (Å²) in [6.07, 6.45) is 1.18. The Morgan fingerprint density at radius 3 is 2.50 bits per heavy atom. The van der Waals surface area contributed by atoms with Gasteiger partial charge in [0.15, 0.2) is 5.82 Å². The van der Waals surface area contributed by atoms with E-state index < -0.39 is 15.9 Å². The number of halogens is 1. The molecule has 0 aliphatic carbocycles. The lowest BCUT2D eigenvalue weighted by molar-refractivity contribution is 0.1000. The molecule has 3 aromatic rings. The summed E-state index contributed by atoms with van der Waals surface area (Å²) in [6, 6.07) is 7.30. The third-order valence-corrected chi connectivity index (χ3v) is 4.59. The van der Waals surface area contributed by atoms with Gasteiger partial charge in [0.1, 0.15) is 11.6 Å². The molecule has 0 atom stereocenters. The molecule has 0 saturated carbocycles. The normalized spacial score (nSPS) is 11.5. The van der Waals surface area contributed by atoms with Crippen LogP contribution in [0.1, 0.15) is 34.2 Å². The van der Waals surface area contributed by atoms with Crippen LogP contribution in [-0.4, -0.2) is 25.6 Å². The molecule has 0 unspecified atom stereocenters. The molecule has 0 bridgehead atoms. The summed E-state index contributed by atoms with van der Waals surface area (Å²) in [7, 11) is -3.60. The number of hydrogen-bond donors (Lipinski definition) is 2. The van der Waals surface area contributed by atoms with Crippen molar-refractivity contribution in [1.82, 2.24) is 4.98 Å². The van der Waals surface area contributed by atoms with Gasteiger partial charge in [0.25, 0.3) is 5.91 Å². The Bertz CT molecular complexity index is 1200. The lowest BCUT2D eigenvalue weighted by atomic mass is 10.0. The van der Waals surface area contributed by atoms with Gasteiger partial charge >= 0.3 is 0 Å². The van der Waals surface area contributed by atoms with Gasteiger partial charge in [-0.15, -0.1) is 0 Å². The van der Waals surface area contributed by atoms with Gasteiger partial charge < -0.3 is 10.2 Å². The zero-order chi connectivity index (χ0) is 20.6. The van der Waals surface area contributed by atoms with E-state index in [2.05, 4.69) is 16.3 Å². The summed E-state index contributed by atoms with van der Waals surface area (Å²) in [5.74, 6) is -0.798. The van der Waals surface area contributed by atoms with E-state index >= 15 is 0 Å². The molecule has 2 heterocycles. The molecule has 146 valence electrons. The van der Waals surface area contributed by atoms with Crippen molar-refractivity contribution in [1.29, 1.82) is 0 Å². The first kappa shape index (κ1) is 19.6. The minimum absolute atomic E-state index is 0.0422. The van der Waals surface area contributed by atoms with Gasteiger partial charge in [-0.1, -0.05) is 18.7 Å². The van der Waals surface area contributed by atoms with Crippen molar-refractivity contribution in [3.05, 3.63) is 65.2 Å². The van der Waals surface area contributed by atoms with E-state index in [9.17, 15) is 17.6 Å². The SMILES string of the molecule is C=C(C)c1cc2c(C(N)=O)c(Cc3ccc(F)cc3)oc2nc1NS(C)(=O)=O. The first-order valence-corrected chi connectivity index (χ1v) is 10.1. The van der Waals surface area contributed by atoms with Gasteiger partial charge in [0, 0.05) is 12.0 Å². The van der Waals surface area contributed by atoms with Crippen LogP contribution in [-0.2, 0) is 16.4 Å². The second-order valence-electron chi connectivity index (χ2n) is 6.46. The monoisotopic (exact) mass is 403 g/mol. The zero-order valence-electron chi connectivity index (χ0n) is 15.2. The number of hydrogen-bond acceptors (Lipinski definition) is 5. The highest BCUT2D eigenvalue weighted by Gasteiger charge is 2.23. The number of aromatic nitrogens is 1. The molecule has 1 aromatic carbocycles. The van der Waals surface area contributed by atoms with Crippen LogP contribution in [0, 0.1) is 5.82 Å². The third kappa shape index (κ3) is 4.04. The van der Waals surface area contributed by atoms with E-state index in [4.69, 9.17) is 10.2 Å². The minimum Gasteiger partial charge on any atom is -0.441 e. The number of rotatable bonds is 6. The van der Waals surface area contributed by atoms with Gasteiger partial charge in [-0.2, -0.15) is 4.98 Å². The molecule has 0 spiro atoms. The Hall–Kier alpha value is -3.20. The van der Waals surface area contributed by atoms with Crippen molar-refractivity contribution in [2.75, 3.05) is 11.0 Å². The number of nitrogens with one attached hydrogen (secondary N) is 1. The van der Waals surface area contributed by atoms with Crippen LogP contribution in [0.4, 0.5) is 10.2 Å². The lowest BCUT2D eigenvalue weighted by Crippen LogP contribution is -2.14. The highest BCUT2D eigenvalue weighted by Crippen LogP contribution is 2.32. The molecule has 3 rings (SSSR count). The first-order chi connectivity index (χ1) is 13.0. The summed E-state index contributed by atoms with van der Waals surface area (Å²) < 4.78 is 44.5.